The zero-order valence-electron chi connectivity index (χ0n) is 15.5. The van der Waals surface area contributed by atoms with Crippen molar-refractivity contribution in [1.82, 2.24) is 9.97 Å². The van der Waals surface area contributed by atoms with Crippen molar-refractivity contribution < 1.29 is 13.2 Å². The molecule has 1 N–H and O–H groups in total. The molecule has 1 aliphatic heterocycles. The van der Waals surface area contributed by atoms with Crippen LogP contribution in [0, 0.1) is 6.92 Å². The summed E-state index contributed by atoms with van der Waals surface area (Å²) in [7, 11) is -1.53. The Morgan fingerprint density at radius 3 is 2.78 bits per heavy atom. The average molecular weight is 383 g/mol. The van der Waals surface area contributed by atoms with Gasteiger partial charge in [-0.1, -0.05) is 12.1 Å². The van der Waals surface area contributed by atoms with Crippen molar-refractivity contribution in [3.8, 4) is 5.75 Å². The fourth-order valence-corrected chi connectivity index (χ4v) is 5.21. The summed E-state index contributed by atoms with van der Waals surface area (Å²) < 4.78 is 29.7. The Labute approximate surface area is 158 Å². The molecule has 4 rings (SSSR count). The molecule has 1 aliphatic rings. The molecule has 0 saturated heterocycles. The van der Waals surface area contributed by atoms with Gasteiger partial charge in [0.2, 0.25) is 0 Å². The van der Waals surface area contributed by atoms with Gasteiger partial charge in [-0.25, -0.2) is 18.4 Å². The number of fused-ring (bicyclic) bond motifs is 2. The second-order valence-corrected chi connectivity index (χ2v) is 8.84. The predicted molar refractivity (Wildman–Crippen MR) is 105 cm³/mol. The second-order valence-electron chi connectivity index (χ2n) is 6.76. The summed E-state index contributed by atoms with van der Waals surface area (Å²) in [6, 6.07) is 11.1. The first kappa shape index (κ1) is 17.7. The van der Waals surface area contributed by atoms with Crippen LogP contribution in [0.15, 0.2) is 41.3 Å². The van der Waals surface area contributed by atoms with Gasteiger partial charge in [-0.2, -0.15) is 0 Å². The Hall–Kier alpha value is -2.67. The average Bonchev–Trinajstić information content (AvgIpc) is 2.96. The van der Waals surface area contributed by atoms with E-state index < -0.39 is 9.84 Å². The molecule has 140 valence electrons. The van der Waals surface area contributed by atoms with Crippen molar-refractivity contribution in [2.75, 3.05) is 18.2 Å². The second kappa shape index (κ2) is 6.49. The Balaban J connectivity index is 1.74. The van der Waals surface area contributed by atoms with Gasteiger partial charge in [0.15, 0.2) is 9.84 Å². The van der Waals surface area contributed by atoms with Gasteiger partial charge < -0.3 is 10.1 Å². The van der Waals surface area contributed by atoms with Crippen molar-refractivity contribution in [3.63, 3.8) is 0 Å². The topological polar surface area (TPSA) is 81.2 Å². The fraction of sp³-hybridized carbons (Fsp3) is 0.300. The van der Waals surface area contributed by atoms with Crippen LogP contribution in [-0.4, -0.2) is 31.2 Å². The van der Waals surface area contributed by atoms with E-state index in [1.807, 2.05) is 44.2 Å². The van der Waals surface area contributed by atoms with E-state index in [0.29, 0.717) is 17.1 Å². The van der Waals surface area contributed by atoms with Crippen LogP contribution in [0.5, 0.6) is 5.75 Å². The van der Waals surface area contributed by atoms with Crippen LogP contribution in [0.3, 0.4) is 0 Å². The maximum absolute atomic E-state index is 12.2. The maximum atomic E-state index is 12.2. The van der Waals surface area contributed by atoms with Crippen LogP contribution in [0.1, 0.15) is 29.9 Å². The molecule has 6 nitrogen and oxygen atoms in total. The smallest absolute Gasteiger partial charge is 0.178 e. The highest BCUT2D eigenvalue weighted by Crippen LogP contribution is 2.34. The summed E-state index contributed by atoms with van der Waals surface area (Å²) in [4.78, 5) is 9.51. The van der Waals surface area contributed by atoms with Crippen LogP contribution in [0.25, 0.3) is 10.9 Å². The molecule has 0 bridgehead atoms. The Morgan fingerprint density at radius 1 is 1.19 bits per heavy atom. The van der Waals surface area contributed by atoms with Gasteiger partial charge in [0.05, 0.1) is 29.3 Å². The summed E-state index contributed by atoms with van der Waals surface area (Å²) in [6.07, 6.45) is 0.556. The third-order valence-corrected chi connectivity index (χ3v) is 6.75. The molecular weight excluding hydrogens is 362 g/mol. The van der Waals surface area contributed by atoms with Crippen LogP contribution < -0.4 is 10.1 Å². The van der Waals surface area contributed by atoms with Gasteiger partial charge >= 0.3 is 0 Å². The lowest BCUT2D eigenvalue weighted by atomic mass is 9.99. The molecule has 0 aliphatic carbocycles. The molecule has 2 aromatic carbocycles. The third-order valence-electron chi connectivity index (χ3n) is 4.96. The van der Waals surface area contributed by atoms with E-state index in [4.69, 9.17) is 4.74 Å². The van der Waals surface area contributed by atoms with Gasteiger partial charge in [0.25, 0.3) is 0 Å². The number of rotatable bonds is 4. The van der Waals surface area contributed by atoms with E-state index in [0.717, 1.165) is 33.6 Å². The van der Waals surface area contributed by atoms with E-state index in [1.54, 1.807) is 13.2 Å². The molecule has 0 radical (unpaired) electrons. The van der Waals surface area contributed by atoms with Crippen molar-refractivity contribution in [3.05, 3.63) is 53.3 Å². The van der Waals surface area contributed by atoms with Crippen molar-refractivity contribution in [2.45, 2.75) is 31.2 Å². The number of benzene rings is 2. The molecule has 0 amide bonds. The monoisotopic (exact) mass is 383 g/mol. The normalized spacial score (nSPS) is 16.1. The van der Waals surface area contributed by atoms with Crippen molar-refractivity contribution in [2.24, 2.45) is 0 Å². The SMILES string of the molecule is COc1ccc2c(N[C@H](C)c3cccc4c3CCS4(=O)=O)nc(C)nc2c1. The number of ether oxygens (including phenoxy) is 1. The molecule has 2 heterocycles. The first-order valence-electron chi connectivity index (χ1n) is 8.82. The zero-order chi connectivity index (χ0) is 19.2. The summed E-state index contributed by atoms with van der Waals surface area (Å²) in [5.41, 5.74) is 2.71. The quantitative estimate of drug-likeness (QED) is 0.743. The number of hydrogen-bond donors (Lipinski definition) is 1. The van der Waals surface area contributed by atoms with Gasteiger partial charge in [-0.3, -0.25) is 0 Å². The van der Waals surface area contributed by atoms with Crippen LogP contribution >= 0.6 is 0 Å². The number of aromatic nitrogens is 2. The summed E-state index contributed by atoms with van der Waals surface area (Å²) in [6.45, 7) is 3.87. The molecule has 3 aromatic rings. The predicted octanol–water partition coefficient (Wildman–Crippen LogP) is 3.45. The lowest BCUT2D eigenvalue weighted by molar-refractivity contribution is 0.415. The molecule has 0 saturated carbocycles. The van der Waals surface area contributed by atoms with Crippen LogP contribution in [0.4, 0.5) is 5.82 Å². The third kappa shape index (κ3) is 3.12. The Kier molecular flexibility index (Phi) is 4.26. The van der Waals surface area contributed by atoms with Crippen molar-refractivity contribution >= 4 is 26.6 Å². The number of aryl methyl sites for hydroxylation is 1. The summed E-state index contributed by atoms with van der Waals surface area (Å²) in [5, 5.41) is 4.35. The van der Waals surface area contributed by atoms with E-state index in [1.165, 1.54) is 0 Å². The molecule has 0 unspecified atom stereocenters. The van der Waals surface area contributed by atoms with Crippen LogP contribution in [0.2, 0.25) is 0 Å². The molecule has 27 heavy (non-hydrogen) atoms. The number of hydrogen-bond acceptors (Lipinski definition) is 6. The molecule has 1 aromatic heterocycles. The largest absolute Gasteiger partial charge is 0.497 e. The van der Waals surface area contributed by atoms with E-state index in [2.05, 4.69) is 15.3 Å². The molecule has 0 spiro atoms. The highest BCUT2D eigenvalue weighted by atomic mass is 32.2. The minimum absolute atomic E-state index is 0.0900. The van der Waals surface area contributed by atoms with Gasteiger partial charge in [0.1, 0.15) is 17.4 Å². The fourth-order valence-electron chi connectivity index (χ4n) is 3.64. The molecule has 1 atom stereocenters. The number of nitrogens with one attached hydrogen (secondary N) is 1. The lowest BCUT2D eigenvalue weighted by Gasteiger charge is -2.19. The minimum Gasteiger partial charge on any atom is -0.497 e. The summed E-state index contributed by atoms with van der Waals surface area (Å²) >= 11 is 0. The zero-order valence-corrected chi connectivity index (χ0v) is 16.3. The van der Waals surface area contributed by atoms with Crippen molar-refractivity contribution in [1.29, 1.82) is 0 Å². The lowest BCUT2D eigenvalue weighted by Crippen LogP contribution is -2.11. The number of nitrogens with zero attached hydrogens (tertiary/aromatic N) is 2. The highest BCUT2D eigenvalue weighted by Gasteiger charge is 2.29. The molecule has 0 fully saturated rings. The minimum atomic E-state index is -3.15. The van der Waals surface area contributed by atoms with E-state index in [9.17, 15) is 8.42 Å². The maximum Gasteiger partial charge on any atom is 0.178 e. The first-order valence-corrected chi connectivity index (χ1v) is 10.5. The van der Waals surface area contributed by atoms with E-state index in [-0.39, 0.29) is 11.8 Å². The Morgan fingerprint density at radius 2 is 2.00 bits per heavy atom. The highest BCUT2D eigenvalue weighted by molar-refractivity contribution is 7.91. The number of methoxy groups -OCH3 is 1. The van der Waals surface area contributed by atoms with E-state index >= 15 is 0 Å². The molecular formula is C20H21N3O3S. The Bertz CT molecular complexity index is 1140. The van der Waals surface area contributed by atoms with Gasteiger partial charge in [-0.05, 0) is 49.6 Å². The first-order chi connectivity index (χ1) is 12.9. The standard InChI is InChI=1S/C20H21N3O3S/c1-12(15-5-4-6-19-16(15)9-10-27(19,24)25)21-20-17-8-7-14(26-3)11-18(17)22-13(2)23-20/h4-8,11-12H,9-10H2,1-3H3,(H,21,22,23)/t12-/m1/s1. The number of sulfone groups is 1. The van der Waals surface area contributed by atoms with Crippen LogP contribution in [-0.2, 0) is 16.3 Å². The number of anilines is 1. The van der Waals surface area contributed by atoms with Gasteiger partial charge in [0, 0.05) is 11.5 Å². The summed E-state index contributed by atoms with van der Waals surface area (Å²) in [5.74, 6) is 2.31. The molecule has 7 heteroatoms. The van der Waals surface area contributed by atoms with Gasteiger partial charge in [-0.15, -0.1) is 0 Å².